The average molecular weight is 268 g/mol. The van der Waals surface area contributed by atoms with Gasteiger partial charge in [-0.05, 0) is 36.3 Å². The maximum absolute atomic E-state index is 5.63. The van der Waals surface area contributed by atoms with Gasteiger partial charge in [0.2, 0.25) is 0 Å². The molecule has 20 heavy (non-hydrogen) atoms. The molecular formula is C18H24N2. The van der Waals surface area contributed by atoms with E-state index in [9.17, 15) is 0 Å². The second kappa shape index (κ2) is 5.40. The molecule has 0 radical (unpaired) electrons. The molecule has 106 valence electrons. The van der Waals surface area contributed by atoms with E-state index in [-0.39, 0.29) is 0 Å². The highest BCUT2D eigenvalue weighted by atomic mass is 15.3. The Morgan fingerprint density at radius 1 is 1.25 bits per heavy atom. The molecule has 0 amide bonds. The summed E-state index contributed by atoms with van der Waals surface area (Å²) in [4.78, 5) is 4.72. The molecule has 1 aromatic rings. The van der Waals surface area contributed by atoms with Crippen molar-refractivity contribution < 1.29 is 0 Å². The van der Waals surface area contributed by atoms with E-state index in [4.69, 9.17) is 6.42 Å². The normalized spacial score (nSPS) is 30.8. The van der Waals surface area contributed by atoms with Gasteiger partial charge in [0.1, 0.15) is 0 Å². The first kappa shape index (κ1) is 13.4. The van der Waals surface area contributed by atoms with Crippen molar-refractivity contribution in [1.82, 2.24) is 4.90 Å². The number of anilines is 1. The van der Waals surface area contributed by atoms with Crippen molar-refractivity contribution in [3.8, 4) is 12.5 Å². The molecule has 1 saturated heterocycles. The zero-order valence-corrected chi connectivity index (χ0v) is 12.5. The minimum absolute atomic E-state index is 0.539. The summed E-state index contributed by atoms with van der Waals surface area (Å²) in [5.41, 5.74) is 1.34. The van der Waals surface area contributed by atoms with Crippen LogP contribution in [0.15, 0.2) is 30.3 Å². The first-order chi connectivity index (χ1) is 9.70. The van der Waals surface area contributed by atoms with E-state index in [0.29, 0.717) is 12.0 Å². The van der Waals surface area contributed by atoms with Crippen molar-refractivity contribution in [1.29, 1.82) is 0 Å². The van der Waals surface area contributed by atoms with Gasteiger partial charge in [0.15, 0.2) is 0 Å². The number of terminal acetylenes is 1. The van der Waals surface area contributed by atoms with Crippen LogP contribution in [0.3, 0.4) is 0 Å². The standard InChI is InChI=1S/C18H24N2/c1-4-19-10-11-20(16-8-6-5-7-9-16)18(13-19)15(3)17-12-14(17)2/h1,5-9,14-15,17-18H,10-13H2,2-3H3/t14-,15-,17?,18+/m0/s1. The summed E-state index contributed by atoms with van der Waals surface area (Å²) in [6, 6.07) is 14.2. The van der Waals surface area contributed by atoms with E-state index in [1.807, 2.05) is 0 Å². The highest BCUT2D eigenvalue weighted by Gasteiger charge is 2.43. The predicted octanol–water partition coefficient (Wildman–Crippen LogP) is 3.06. The van der Waals surface area contributed by atoms with Crippen LogP contribution in [-0.2, 0) is 0 Å². The maximum Gasteiger partial charge on any atom is 0.0501 e. The predicted molar refractivity (Wildman–Crippen MR) is 84.4 cm³/mol. The molecule has 3 rings (SSSR count). The Hall–Kier alpha value is -1.62. The topological polar surface area (TPSA) is 6.48 Å². The molecule has 2 aliphatic rings. The van der Waals surface area contributed by atoms with E-state index < -0.39 is 0 Å². The van der Waals surface area contributed by atoms with Gasteiger partial charge in [-0.25, -0.2) is 0 Å². The lowest BCUT2D eigenvalue weighted by molar-refractivity contribution is 0.247. The van der Waals surface area contributed by atoms with Gasteiger partial charge in [0.05, 0.1) is 6.04 Å². The Labute approximate surface area is 122 Å². The van der Waals surface area contributed by atoms with Gasteiger partial charge in [-0.15, -0.1) is 0 Å². The number of nitrogens with zero attached hydrogens (tertiary/aromatic N) is 2. The number of para-hydroxylation sites is 1. The van der Waals surface area contributed by atoms with Gasteiger partial charge in [0, 0.05) is 31.4 Å². The SMILES string of the molecule is C#CN1CCN(c2ccccc2)[C@@H]([C@@H](C)C2C[C@@H]2C)C1. The molecule has 0 bridgehead atoms. The van der Waals surface area contributed by atoms with Crippen LogP contribution in [0.2, 0.25) is 0 Å². The molecule has 1 heterocycles. The Morgan fingerprint density at radius 2 is 1.95 bits per heavy atom. The van der Waals surface area contributed by atoms with Crippen LogP contribution in [0.25, 0.3) is 0 Å². The molecule has 2 nitrogen and oxygen atoms in total. The Bertz CT molecular complexity index is 490. The van der Waals surface area contributed by atoms with Crippen LogP contribution in [0.5, 0.6) is 0 Å². The fourth-order valence-corrected chi connectivity index (χ4v) is 3.69. The van der Waals surface area contributed by atoms with E-state index >= 15 is 0 Å². The number of rotatable bonds is 3. The first-order valence-corrected chi connectivity index (χ1v) is 7.73. The van der Waals surface area contributed by atoms with Crippen molar-refractivity contribution in [3.63, 3.8) is 0 Å². The Morgan fingerprint density at radius 3 is 2.55 bits per heavy atom. The van der Waals surface area contributed by atoms with Crippen LogP contribution in [0.1, 0.15) is 20.3 Å². The summed E-state index contributed by atoms with van der Waals surface area (Å²) < 4.78 is 0. The van der Waals surface area contributed by atoms with Crippen LogP contribution >= 0.6 is 0 Å². The molecule has 2 fully saturated rings. The fraction of sp³-hybridized carbons (Fsp3) is 0.556. The highest BCUT2D eigenvalue weighted by molar-refractivity contribution is 5.48. The molecule has 0 N–H and O–H groups in total. The molecule has 1 unspecified atom stereocenters. The van der Waals surface area contributed by atoms with Crippen molar-refractivity contribution in [2.75, 3.05) is 24.5 Å². The average Bonchev–Trinajstić information content (AvgIpc) is 3.23. The largest absolute Gasteiger partial charge is 0.365 e. The lowest BCUT2D eigenvalue weighted by Gasteiger charge is -2.44. The fourth-order valence-electron chi connectivity index (χ4n) is 3.69. The third-order valence-corrected chi connectivity index (χ3v) is 5.14. The monoisotopic (exact) mass is 268 g/mol. The molecular weight excluding hydrogens is 244 g/mol. The Balaban J connectivity index is 1.81. The van der Waals surface area contributed by atoms with Crippen LogP contribution < -0.4 is 4.90 Å². The van der Waals surface area contributed by atoms with Gasteiger partial charge < -0.3 is 9.80 Å². The number of hydrogen-bond acceptors (Lipinski definition) is 2. The molecule has 1 saturated carbocycles. The van der Waals surface area contributed by atoms with Gasteiger partial charge in [-0.2, -0.15) is 0 Å². The summed E-state index contributed by atoms with van der Waals surface area (Å²) in [5.74, 6) is 2.48. The zero-order chi connectivity index (χ0) is 14.1. The molecule has 1 aliphatic heterocycles. The summed E-state index contributed by atoms with van der Waals surface area (Å²) in [6.07, 6.45) is 7.01. The summed E-state index contributed by atoms with van der Waals surface area (Å²) in [5, 5.41) is 0. The van der Waals surface area contributed by atoms with Crippen molar-refractivity contribution in [3.05, 3.63) is 30.3 Å². The minimum Gasteiger partial charge on any atom is -0.365 e. The third-order valence-electron chi connectivity index (χ3n) is 5.14. The summed E-state index contributed by atoms with van der Waals surface area (Å²) in [6.45, 7) is 7.78. The number of piperazine rings is 1. The molecule has 4 atom stereocenters. The third kappa shape index (κ3) is 2.50. The summed E-state index contributed by atoms with van der Waals surface area (Å²) in [7, 11) is 0. The Kier molecular flexibility index (Phi) is 3.61. The molecule has 0 aromatic heterocycles. The second-order valence-corrected chi connectivity index (χ2v) is 6.41. The smallest absolute Gasteiger partial charge is 0.0501 e. The maximum atomic E-state index is 5.63. The lowest BCUT2D eigenvalue weighted by atomic mass is 9.91. The lowest BCUT2D eigenvalue weighted by Crippen LogP contribution is -2.55. The second-order valence-electron chi connectivity index (χ2n) is 6.41. The molecule has 1 aromatic carbocycles. The van der Waals surface area contributed by atoms with Crippen molar-refractivity contribution >= 4 is 5.69 Å². The number of benzene rings is 1. The van der Waals surface area contributed by atoms with Gasteiger partial charge in [-0.1, -0.05) is 38.5 Å². The van der Waals surface area contributed by atoms with E-state index in [1.54, 1.807) is 0 Å². The quantitative estimate of drug-likeness (QED) is 0.777. The van der Waals surface area contributed by atoms with E-state index in [1.165, 1.54) is 12.1 Å². The van der Waals surface area contributed by atoms with Crippen LogP contribution in [0, 0.1) is 30.2 Å². The van der Waals surface area contributed by atoms with Crippen LogP contribution in [-0.4, -0.2) is 30.6 Å². The number of hydrogen-bond donors (Lipinski definition) is 0. The highest BCUT2D eigenvalue weighted by Crippen LogP contribution is 2.46. The first-order valence-electron chi connectivity index (χ1n) is 7.73. The van der Waals surface area contributed by atoms with Crippen molar-refractivity contribution in [2.24, 2.45) is 17.8 Å². The van der Waals surface area contributed by atoms with Crippen molar-refractivity contribution in [2.45, 2.75) is 26.3 Å². The van der Waals surface area contributed by atoms with E-state index in [0.717, 1.165) is 31.5 Å². The van der Waals surface area contributed by atoms with Gasteiger partial charge in [0.25, 0.3) is 0 Å². The molecule has 2 heteroatoms. The molecule has 0 spiro atoms. The summed E-state index contributed by atoms with van der Waals surface area (Å²) >= 11 is 0. The van der Waals surface area contributed by atoms with E-state index in [2.05, 4.69) is 60.0 Å². The van der Waals surface area contributed by atoms with Gasteiger partial charge in [-0.3, -0.25) is 0 Å². The zero-order valence-electron chi connectivity index (χ0n) is 12.5. The van der Waals surface area contributed by atoms with Gasteiger partial charge >= 0.3 is 0 Å². The van der Waals surface area contributed by atoms with Crippen LogP contribution in [0.4, 0.5) is 5.69 Å². The molecule has 1 aliphatic carbocycles. The minimum atomic E-state index is 0.539.